The van der Waals surface area contributed by atoms with E-state index in [0.29, 0.717) is 31.8 Å². The van der Waals surface area contributed by atoms with Crippen LogP contribution in [0.1, 0.15) is 10.4 Å². The molecule has 1 amide bonds. The molecule has 104 valence electrons. The first kappa shape index (κ1) is 13.0. The van der Waals surface area contributed by atoms with Gasteiger partial charge >= 0.3 is 0 Å². The third-order valence-electron chi connectivity index (χ3n) is 3.56. The lowest BCUT2D eigenvalue weighted by molar-refractivity contribution is -0.0166. The SMILES string of the molecule is NCC1CN(C(=O)c2cccc3ncccc23)CCO1. The van der Waals surface area contributed by atoms with Crippen molar-refractivity contribution in [3.63, 3.8) is 0 Å². The Morgan fingerprint density at radius 3 is 3.15 bits per heavy atom. The smallest absolute Gasteiger partial charge is 0.254 e. The van der Waals surface area contributed by atoms with E-state index in [-0.39, 0.29) is 12.0 Å². The molecule has 1 atom stereocenters. The Kier molecular flexibility index (Phi) is 3.62. The zero-order valence-corrected chi connectivity index (χ0v) is 11.2. The second-order valence-corrected chi connectivity index (χ2v) is 4.86. The molecule has 1 aromatic heterocycles. The number of ether oxygens (including phenoxy) is 1. The Morgan fingerprint density at radius 2 is 2.30 bits per heavy atom. The van der Waals surface area contributed by atoms with Crippen LogP contribution in [0.15, 0.2) is 36.5 Å². The maximum absolute atomic E-state index is 12.7. The number of aromatic nitrogens is 1. The molecule has 1 aliphatic rings. The van der Waals surface area contributed by atoms with Crippen molar-refractivity contribution in [2.24, 2.45) is 5.73 Å². The van der Waals surface area contributed by atoms with Crippen molar-refractivity contribution in [1.29, 1.82) is 0 Å². The Bertz CT molecular complexity index is 624. The number of hydrogen-bond acceptors (Lipinski definition) is 4. The molecule has 0 radical (unpaired) electrons. The summed E-state index contributed by atoms with van der Waals surface area (Å²) in [6, 6.07) is 9.40. The van der Waals surface area contributed by atoms with E-state index in [1.807, 2.05) is 35.2 Å². The number of rotatable bonds is 2. The minimum atomic E-state index is -0.0687. The average Bonchev–Trinajstić information content (AvgIpc) is 2.53. The molecule has 0 aliphatic carbocycles. The highest BCUT2D eigenvalue weighted by atomic mass is 16.5. The van der Waals surface area contributed by atoms with Gasteiger partial charge in [-0.25, -0.2) is 0 Å². The zero-order valence-electron chi connectivity index (χ0n) is 11.2. The van der Waals surface area contributed by atoms with Gasteiger partial charge in [-0.1, -0.05) is 12.1 Å². The molecule has 20 heavy (non-hydrogen) atoms. The summed E-state index contributed by atoms with van der Waals surface area (Å²) in [6.45, 7) is 2.12. The van der Waals surface area contributed by atoms with Crippen molar-refractivity contribution in [2.45, 2.75) is 6.10 Å². The highest BCUT2D eigenvalue weighted by Gasteiger charge is 2.25. The van der Waals surface area contributed by atoms with E-state index in [4.69, 9.17) is 10.5 Å². The third-order valence-corrected chi connectivity index (χ3v) is 3.56. The van der Waals surface area contributed by atoms with Crippen molar-refractivity contribution >= 4 is 16.8 Å². The van der Waals surface area contributed by atoms with Crippen LogP contribution in [0.4, 0.5) is 0 Å². The number of hydrogen-bond donors (Lipinski definition) is 1. The molecule has 1 saturated heterocycles. The summed E-state index contributed by atoms with van der Waals surface area (Å²) < 4.78 is 5.50. The largest absolute Gasteiger partial charge is 0.373 e. The van der Waals surface area contributed by atoms with Crippen LogP contribution in [0, 0.1) is 0 Å². The lowest BCUT2D eigenvalue weighted by atomic mass is 10.1. The summed E-state index contributed by atoms with van der Waals surface area (Å²) in [7, 11) is 0. The molecule has 1 unspecified atom stereocenters. The Hall–Kier alpha value is -1.98. The predicted octanol–water partition coefficient (Wildman–Crippen LogP) is 1.03. The number of pyridine rings is 1. The minimum Gasteiger partial charge on any atom is -0.373 e. The first-order valence-electron chi connectivity index (χ1n) is 6.74. The maximum atomic E-state index is 12.7. The molecule has 5 nitrogen and oxygen atoms in total. The van der Waals surface area contributed by atoms with Gasteiger partial charge < -0.3 is 15.4 Å². The van der Waals surface area contributed by atoms with Gasteiger partial charge in [0.25, 0.3) is 5.91 Å². The van der Waals surface area contributed by atoms with E-state index in [0.717, 1.165) is 10.9 Å². The van der Waals surface area contributed by atoms with E-state index >= 15 is 0 Å². The predicted molar refractivity (Wildman–Crippen MR) is 76.4 cm³/mol. The molecule has 0 bridgehead atoms. The molecular formula is C15H17N3O2. The highest BCUT2D eigenvalue weighted by Crippen LogP contribution is 2.19. The van der Waals surface area contributed by atoms with E-state index < -0.39 is 0 Å². The Balaban J connectivity index is 1.92. The summed E-state index contributed by atoms with van der Waals surface area (Å²) in [5.74, 6) is 0.0188. The fourth-order valence-corrected chi connectivity index (χ4v) is 2.51. The van der Waals surface area contributed by atoms with Gasteiger partial charge in [-0.3, -0.25) is 9.78 Å². The van der Waals surface area contributed by atoms with Gasteiger partial charge in [0.05, 0.1) is 18.2 Å². The van der Waals surface area contributed by atoms with Crippen molar-refractivity contribution in [2.75, 3.05) is 26.2 Å². The molecule has 5 heteroatoms. The molecular weight excluding hydrogens is 254 g/mol. The van der Waals surface area contributed by atoms with Crippen LogP contribution >= 0.6 is 0 Å². The van der Waals surface area contributed by atoms with Crippen molar-refractivity contribution in [3.8, 4) is 0 Å². The number of carbonyl (C=O) groups is 1. The number of benzene rings is 1. The Morgan fingerprint density at radius 1 is 1.40 bits per heavy atom. The van der Waals surface area contributed by atoms with Crippen molar-refractivity contribution < 1.29 is 9.53 Å². The second-order valence-electron chi connectivity index (χ2n) is 4.86. The monoisotopic (exact) mass is 271 g/mol. The van der Waals surface area contributed by atoms with Crippen LogP contribution in [0.5, 0.6) is 0 Å². The van der Waals surface area contributed by atoms with E-state index in [1.54, 1.807) is 6.20 Å². The number of nitrogens with two attached hydrogens (primary N) is 1. The number of fused-ring (bicyclic) bond motifs is 1. The molecule has 2 N–H and O–H groups in total. The van der Waals surface area contributed by atoms with Gasteiger partial charge in [0.2, 0.25) is 0 Å². The molecule has 0 saturated carbocycles. The zero-order chi connectivity index (χ0) is 13.9. The lowest BCUT2D eigenvalue weighted by Crippen LogP contribution is -2.48. The molecule has 0 spiro atoms. The maximum Gasteiger partial charge on any atom is 0.254 e. The van der Waals surface area contributed by atoms with E-state index in [1.165, 1.54) is 0 Å². The van der Waals surface area contributed by atoms with Crippen LogP contribution in [0.3, 0.4) is 0 Å². The Labute approximate surface area is 117 Å². The summed E-state index contributed by atoms with van der Waals surface area (Å²) in [5.41, 5.74) is 7.15. The lowest BCUT2D eigenvalue weighted by Gasteiger charge is -2.32. The van der Waals surface area contributed by atoms with Gasteiger partial charge in [0, 0.05) is 36.8 Å². The number of amides is 1. The quantitative estimate of drug-likeness (QED) is 0.886. The highest BCUT2D eigenvalue weighted by molar-refractivity contribution is 6.06. The molecule has 3 rings (SSSR count). The minimum absolute atomic E-state index is 0.0188. The summed E-state index contributed by atoms with van der Waals surface area (Å²) in [5, 5.41) is 0.885. The van der Waals surface area contributed by atoms with Crippen molar-refractivity contribution in [1.82, 2.24) is 9.88 Å². The number of carbonyl (C=O) groups excluding carboxylic acids is 1. The standard InChI is InChI=1S/C15H17N3O2/c16-9-11-10-18(7-8-20-11)15(19)13-3-1-5-14-12(13)4-2-6-17-14/h1-6,11H,7-10,16H2. The molecule has 1 aromatic carbocycles. The summed E-state index contributed by atoms with van der Waals surface area (Å²) in [4.78, 5) is 18.8. The van der Waals surface area contributed by atoms with E-state index in [2.05, 4.69) is 4.98 Å². The first-order valence-corrected chi connectivity index (χ1v) is 6.74. The van der Waals surface area contributed by atoms with Gasteiger partial charge in [0.1, 0.15) is 0 Å². The topological polar surface area (TPSA) is 68.5 Å². The average molecular weight is 271 g/mol. The number of morpholine rings is 1. The van der Waals surface area contributed by atoms with Crippen LogP contribution in [-0.4, -0.2) is 48.1 Å². The molecule has 1 fully saturated rings. The van der Waals surface area contributed by atoms with E-state index in [9.17, 15) is 4.79 Å². The normalized spacial score (nSPS) is 19.2. The first-order chi connectivity index (χ1) is 9.79. The fraction of sp³-hybridized carbons (Fsp3) is 0.333. The summed E-state index contributed by atoms with van der Waals surface area (Å²) in [6.07, 6.45) is 1.66. The number of nitrogens with zero attached hydrogens (tertiary/aromatic N) is 2. The molecule has 2 heterocycles. The van der Waals surface area contributed by atoms with Crippen LogP contribution < -0.4 is 5.73 Å². The summed E-state index contributed by atoms with van der Waals surface area (Å²) >= 11 is 0. The van der Waals surface area contributed by atoms with Gasteiger partial charge in [-0.15, -0.1) is 0 Å². The van der Waals surface area contributed by atoms with Crippen LogP contribution in [0.2, 0.25) is 0 Å². The van der Waals surface area contributed by atoms with Gasteiger partial charge in [-0.2, -0.15) is 0 Å². The fourth-order valence-electron chi connectivity index (χ4n) is 2.51. The van der Waals surface area contributed by atoms with Crippen molar-refractivity contribution in [3.05, 3.63) is 42.1 Å². The van der Waals surface area contributed by atoms with Gasteiger partial charge in [0.15, 0.2) is 0 Å². The molecule has 2 aromatic rings. The molecule has 1 aliphatic heterocycles. The third kappa shape index (κ3) is 2.37. The second kappa shape index (κ2) is 5.56. The van der Waals surface area contributed by atoms with Crippen LogP contribution in [0.25, 0.3) is 10.9 Å². The van der Waals surface area contributed by atoms with Gasteiger partial charge in [-0.05, 0) is 18.2 Å². The van der Waals surface area contributed by atoms with Crippen LogP contribution in [-0.2, 0) is 4.74 Å².